The lowest BCUT2D eigenvalue weighted by atomic mass is 9.96. The Bertz CT molecular complexity index is 442. The van der Waals surface area contributed by atoms with Crippen molar-refractivity contribution in [2.45, 2.75) is 25.6 Å². The van der Waals surface area contributed by atoms with Gasteiger partial charge in [-0.05, 0) is 44.1 Å². The van der Waals surface area contributed by atoms with Crippen LogP contribution in [-0.4, -0.2) is 29.3 Å². The molecule has 0 bridgehead atoms. The van der Waals surface area contributed by atoms with Gasteiger partial charge in [0.25, 0.3) is 0 Å². The summed E-state index contributed by atoms with van der Waals surface area (Å²) in [4.78, 5) is 1.95. The van der Waals surface area contributed by atoms with E-state index in [4.69, 9.17) is 0 Å². The van der Waals surface area contributed by atoms with E-state index >= 15 is 0 Å². The third-order valence-electron chi connectivity index (χ3n) is 3.49. The number of phenolic OH excluding ortho intramolecular Hbond substituents is 1. The van der Waals surface area contributed by atoms with Crippen LogP contribution in [0, 0.1) is 5.92 Å². The van der Waals surface area contributed by atoms with Crippen LogP contribution >= 0.6 is 15.9 Å². The number of piperidine rings is 1. The predicted octanol–water partition coefficient (Wildman–Crippen LogP) is 3.93. The number of aromatic hydroxyl groups is 1. The molecule has 1 aliphatic heterocycles. The summed E-state index contributed by atoms with van der Waals surface area (Å²) in [6.45, 7) is 1.31. The van der Waals surface area contributed by atoms with Gasteiger partial charge < -0.3 is 5.11 Å². The Morgan fingerprint density at radius 3 is 2.47 bits per heavy atom. The van der Waals surface area contributed by atoms with Crippen molar-refractivity contribution in [2.24, 2.45) is 5.92 Å². The lowest BCUT2D eigenvalue weighted by Crippen LogP contribution is -2.38. The molecule has 1 aromatic carbocycles. The summed E-state index contributed by atoms with van der Waals surface area (Å²) in [5, 5.41) is 9.72. The van der Waals surface area contributed by atoms with Gasteiger partial charge in [-0.25, -0.2) is 0 Å². The van der Waals surface area contributed by atoms with Crippen LogP contribution in [0.25, 0.3) is 0 Å². The minimum atomic E-state index is -4.08. The van der Waals surface area contributed by atoms with Gasteiger partial charge in [-0.15, -0.1) is 0 Å². The molecule has 1 N–H and O–H groups in total. The first-order valence-corrected chi connectivity index (χ1v) is 6.92. The van der Waals surface area contributed by atoms with E-state index in [1.54, 1.807) is 18.2 Å². The van der Waals surface area contributed by atoms with Crippen molar-refractivity contribution < 1.29 is 18.3 Å². The maximum absolute atomic E-state index is 12.5. The zero-order valence-electron chi connectivity index (χ0n) is 10.3. The van der Waals surface area contributed by atoms with Crippen LogP contribution in [0.4, 0.5) is 13.2 Å². The molecule has 6 heteroatoms. The van der Waals surface area contributed by atoms with Crippen LogP contribution in [-0.2, 0) is 6.54 Å². The van der Waals surface area contributed by atoms with E-state index in [2.05, 4.69) is 15.9 Å². The second kappa shape index (κ2) is 5.71. The number of hydrogen-bond donors (Lipinski definition) is 1. The van der Waals surface area contributed by atoms with Crippen molar-refractivity contribution >= 4 is 15.9 Å². The van der Waals surface area contributed by atoms with Gasteiger partial charge in [0.2, 0.25) is 0 Å². The van der Waals surface area contributed by atoms with Crippen molar-refractivity contribution in [2.75, 3.05) is 13.1 Å². The average molecular weight is 338 g/mol. The number of nitrogens with zero attached hydrogens (tertiary/aromatic N) is 1. The molecule has 2 rings (SSSR count). The fraction of sp³-hybridized carbons (Fsp3) is 0.538. The highest BCUT2D eigenvalue weighted by Crippen LogP contribution is 2.35. The van der Waals surface area contributed by atoms with E-state index in [1.165, 1.54) is 0 Å². The Balaban J connectivity index is 1.94. The highest BCUT2D eigenvalue weighted by Gasteiger charge is 2.40. The minimum Gasteiger partial charge on any atom is -0.508 e. The number of likely N-dealkylation sites (tertiary alicyclic amines) is 1. The molecule has 1 heterocycles. The molecule has 1 aromatic rings. The van der Waals surface area contributed by atoms with Gasteiger partial charge in [-0.2, -0.15) is 13.2 Å². The van der Waals surface area contributed by atoms with Crippen LogP contribution in [0.3, 0.4) is 0 Å². The largest absolute Gasteiger partial charge is 0.508 e. The van der Waals surface area contributed by atoms with Crippen molar-refractivity contribution in [3.63, 3.8) is 0 Å². The first kappa shape index (κ1) is 14.7. The molecular formula is C13H15BrF3NO. The molecule has 1 aliphatic rings. The molecule has 0 amide bonds. The Morgan fingerprint density at radius 1 is 1.26 bits per heavy atom. The van der Waals surface area contributed by atoms with E-state index in [1.807, 2.05) is 4.90 Å². The summed E-state index contributed by atoms with van der Waals surface area (Å²) in [7, 11) is 0. The fourth-order valence-corrected chi connectivity index (χ4v) is 2.75. The quantitative estimate of drug-likeness (QED) is 0.883. The zero-order chi connectivity index (χ0) is 14.0. The van der Waals surface area contributed by atoms with Gasteiger partial charge in [0.15, 0.2) is 0 Å². The molecule has 0 aromatic heterocycles. The van der Waals surface area contributed by atoms with Gasteiger partial charge in [0.1, 0.15) is 5.75 Å². The van der Waals surface area contributed by atoms with Crippen LogP contribution in [0.2, 0.25) is 0 Å². The third kappa shape index (κ3) is 3.86. The van der Waals surface area contributed by atoms with E-state index in [0.29, 0.717) is 19.6 Å². The Kier molecular flexibility index (Phi) is 4.40. The van der Waals surface area contributed by atoms with E-state index in [9.17, 15) is 18.3 Å². The minimum absolute atomic E-state index is 0.137. The fourth-order valence-electron chi connectivity index (χ4n) is 2.34. The van der Waals surface area contributed by atoms with Gasteiger partial charge in [0.05, 0.1) is 5.92 Å². The summed E-state index contributed by atoms with van der Waals surface area (Å²) in [6, 6.07) is 5.11. The third-order valence-corrected chi connectivity index (χ3v) is 3.98. The summed E-state index contributed by atoms with van der Waals surface area (Å²) >= 11 is 3.32. The van der Waals surface area contributed by atoms with E-state index in [-0.39, 0.29) is 18.6 Å². The molecule has 106 valence electrons. The molecule has 0 unspecified atom stereocenters. The topological polar surface area (TPSA) is 23.5 Å². The van der Waals surface area contributed by atoms with Crippen molar-refractivity contribution in [3.8, 4) is 5.75 Å². The summed E-state index contributed by atoms with van der Waals surface area (Å²) in [6.07, 6.45) is -3.81. The summed E-state index contributed by atoms with van der Waals surface area (Å²) in [5.41, 5.74) is 0.736. The molecule has 19 heavy (non-hydrogen) atoms. The van der Waals surface area contributed by atoms with Gasteiger partial charge in [-0.1, -0.05) is 15.9 Å². The normalized spacial score (nSPS) is 18.7. The highest BCUT2D eigenvalue weighted by atomic mass is 79.9. The van der Waals surface area contributed by atoms with Gasteiger partial charge in [-0.3, -0.25) is 4.90 Å². The van der Waals surface area contributed by atoms with Crippen LogP contribution < -0.4 is 0 Å². The van der Waals surface area contributed by atoms with E-state index < -0.39 is 12.1 Å². The molecule has 1 saturated heterocycles. The first-order chi connectivity index (χ1) is 8.86. The lowest BCUT2D eigenvalue weighted by Gasteiger charge is -2.33. The van der Waals surface area contributed by atoms with Crippen molar-refractivity contribution in [3.05, 3.63) is 28.2 Å². The monoisotopic (exact) mass is 337 g/mol. The smallest absolute Gasteiger partial charge is 0.391 e. The molecule has 0 radical (unpaired) electrons. The number of halogens is 4. The molecule has 0 spiro atoms. The summed E-state index contributed by atoms with van der Waals surface area (Å²) < 4.78 is 38.5. The second-order valence-corrected chi connectivity index (χ2v) is 5.78. The van der Waals surface area contributed by atoms with Crippen molar-refractivity contribution in [1.29, 1.82) is 0 Å². The molecule has 0 atom stereocenters. The first-order valence-electron chi connectivity index (χ1n) is 6.12. The summed E-state index contributed by atoms with van der Waals surface area (Å²) in [5.74, 6) is -0.999. The van der Waals surface area contributed by atoms with Crippen LogP contribution in [0.15, 0.2) is 22.7 Å². The van der Waals surface area contributed by atoms with Crippen LogP contribution in [0.5, 0.6) is 5.75 Å². The van der Waals surface area contributed by atoms with Gasteiger partial charge in [0, 0.05) is 16.6 Å². The maximum Gasteiger partial charge on any atom is 0.391 e. The number of benzene rings is 1. The lowest BCUT2D eigenvalue weighted by molar-refractivity contribution is -0.185. The Hall–Kier alpha value is -0.750. The number of hydrogen-bond acceptors (Lipinski definition) is 2. The SMILES string of the molecule is Oc1ccc(Br)cc1CN1CCC(C(F)(F)F)CC1. The second-order valence-electron chi connectivity index (χ2n) is 4.87. The molecule has 2 nitrogen and oxygen atoms in total. The Labute approximate surface area is 118 Å². The number of rotatable bonds is 2. The number of alkyl halides is 3. The maximum atomic E-state index is 12.5. The standard InChI is InChI=1S/C13H15BrF3NO/c14-11-1-2-12(19)9(7-11)8-18-5-3-10(4-6-18)13(15,16)17/h1-2,7,10,19H,3-6,8H2. The molecule has 1 fully saturated rings. The predicted molar refractivity (Wildman–Crippen MR) is 69.9 cm³/mol. The highest BCUT2D eigenvalue weighted by molar-refractivity contribution is 9.10. The Morgan fingerprint density at radius 2 is 1.89 bits per heavy atom. The zero-order valence-corrected chi connectivity index (χ0v) is 11.8. The average Bonchev–Trinajstić information content (AvgIpc) is 2.33. The molecule has 0 aliphatic carbocycles. The number of phenols is 1. The van der Waals surface area contributed by atoms with Crippen molar-refractivity contribution in [1.82, 2.24) is 4.90 Å². The molecular weight excluding hydrogens is 323 g/mol. The van der Waals surface area contributed by atoms with Crippen LogP contribution in [0.1, 0.15) is 18.4 Å². The van der Waals surface area contributed by atoms with E-state index in [0.717, 1.165) is 10.0 Å². The molecule has 0 saturated carbocycles. The van der Waals surface area contributed by atoms with Gasteiger partial charge >= 0.3 is 6.18 Å².